The molecule has 0 aliphatic carbocycles. The zero-order chi connectivity index (χ0) is 10.2. The van der Waals surface area contributed by atoms with Crippen molar-refractivity contribution >= 4 is 23.1 Å². The van der Waals surface area contributed by atoms with E-state index < -0.39 is 0 Å². The molecular weight excluding hydrogens is 210 g/mol. The van der Waals surface area contributed by atoms with Gasteiger partial charge >= 0.3 is 0 Å². The summed E-state index contributed by atoms with van der Waals surface area (Å²) in [5.74, 6) is 1.26. The zero-order valence-corrected chi connectivity index (χ0v) is 10.6. The Bertz CT molecular complexity index is 221. The van der Waals surface area contributed by atoms with E-state index in [0.29, 0.717) is 6.04 Å². The lowest BCUT2D eigenvalue weighted by Gasteiger charge is -2.14. The smallest absolute Gasteiger partial charge is 0.0412 e. The Balaban J connectivity index is 2.26. The molecule has 0 saturated carbocycles. The summed E-state index contributed by atoms with van der Waals surface area (Å²) in [6, 6.07) is 4.92. The van der Waals surface area contributed by atoms with Gasteiger partial charge in [0.1, 0.15) is 0 Å². The molecule has 0 amide bonds. The Morgan fingerprint density at radius 3 is 3.00 bits per heavy atom. The Morgan fingerprint density at radius 2 is 2.43 bits per heavy atom. The summed E-state index contributed by atoms with van der Waals surface area (Å²) in [6.45, 7) is 3.38. The fourth-order valence-corrected chi connectivity index (χ4v) is 2.75. The van der Waals surface area contributed by atoms with E-state index in [0.717, 1.165) is 6.54 Å². The lowest BCUT2D eigenvalue weighted by molar-refractivity contribution is 0.527. The summed E-state index contributed by atoms with van der Waals surface area (Å²) >= 11 is 3.77. The average molecular weight is 229 g/mol. The van der Waals surface area contributed by atoms with Crippen LogP contribution in [0.5, 0.6) is 0 Å². The van der Waals surface area contributed by atoms with Crippen molar-refractivity contribution in [3.63, 3.8) is 0 Å². The molecular formula is C11H19NS2. The number of thioether (sulfide) groups is 1. The van der Waals surface area contributed by atoms with Gasteiger partial charge in [0.05, 0.1) is 0 Å². The van der Waals surface area contributed by atoms with E-state index in [1.807, 2.05) is 23.1 Å². The average Bonchev–Trinajstić information content (AvgIpc) is 2.71. The van der Waals surface area contributed by atoms with Gasteiger partial charge in [-0.05, 0) is 42.8 Å². The van der Waals surface area contributed by atoms with Crippen molar-refractivity contribution in [2.75, 3.05) is 18.6 Å². The van der Waals surface area contributed by atoms with Gasteiger partial charge in [-0.15, -0.1) is 11.3 Å². The van der Waals surface area contributed by atoms with Crippen molar-refractivity contribution in [3.8, 4) is 0 Å². The van der Waals surface area contributed by atoms with Crippen LogP contribution in [0.4, 0.5) is 0 Å². The van der Waals surface area contributed by atoms with Crippen molar-refractivity contribution in [2.45, 2.75) is 25.8 Å². The van der Waals surface area contributed by atoms with E-state index in [9.17, 15) is 0 Å². The normalized spacial score (nSPS) is 13.0. The first-order chi connectivity index (χ1) is 6.88. The molecule has 0 fully saturated rings. The van der Waals surface area contributed by atoms with Crippen molar-refractivity contribution in [1.82, 2.24) is 5.32 Å². The molecule has 1 unspecified atom stereocenters. The second-order valence-electron chi connectivity index (χ2n) is 3.28. The molecule has 0 aliphatic heterocycles. The van der Waals surface area contributed by atoms with E-state index in [2.05, 4.69) is 36.0 Å². The fraction of sp³-hybridized carbons (Fsp3) is 0.636. The molecule has 80 valence electrons. The molecule has 1 aromatic heterocycles. The van der Waals surface area contributed by atoms with Crippen LogP contribution >= 0.6 is 23.1 Å². The van der Waals surface area contributed by atoms with Gasteiger partial charge in [-0.2, -0.15) is 11.8 Å². The van der Waals surface area contributed by atoms with Crippen molar-refractivity contribution < 1.29 is 0 Å². The van der Waals surface area contributed by atoms with E-state index in [4.69, 9.17) is 0 Å². The van der Waals surface area contributed by atoms with Crippen LogP contribution in [0.25, 0.3) is 0 Å². The highest BCUT2D eigenvalue weighted by Gasteiger charge is 2.08. The minimum atomic E-state index is 0.567. The van der Waals surface area contributed by atoms with Gasteiger partial charge in [-0.25, -0.2) is 0 Å². The van der Waals surface area contributed by atoms with E-state index >= 15 is 0 Å². The highest BCUT2D eigenvalue weighted by atomic mass is 32.2. The van der Waals surface area contributed by atoms with Crippen LogP contribution in [-0.4, -0.2) is 18.6 Å². The Morgan fingerprint density at radius 1 is 1.57 bits per heavy atom. The van der Waals surface area contributed by atoms with Gasteiger partial charge in [0.2, 0.25) is 0 Å². The van der Waals surface area contributed by atoms with Crippen molar-refractivity contribution in [2.24, 2.45) is 0 Å². The highest BCUT2D eigenvalue weighted by Crippen LogP contribution is 2.21. The molecule has 3 heteroatoms. The van der Waals surface area contributed by atoms with Crippen LogP contribution in [0.3, 0.4) is 0 Å². The van der Waals surface area contributed by atoms with Crippen LogP contribution in [-0.2, 0) is 0 Å². The topological polar surface area (TPSA) is 12.0 Å². The van der Waals surface area contributed by atoms with Crippen molar-refractivity contribution in [3.05, 3.63) is 22.4 Å². The molecule has 1 atom stereocenters. The van der Waals surface area contributed by atoms with Crippen LogP contribution in [0, 0.1) is 0 Å². The largest absolute Gasteiger partial charge is 0.309 e. The predicted octanol–water partition coefficient (Wildman–Crippen LogP) is 3.54. The number of thiophene rings is 1. The molecule has 1 nitrogen and oxygen atoms in total. The Kier molecular flexibility index (Phi) is 6.32. The van der Waals surface area contributed by atoms with Crippen molar-refractivity contribution in [1.29, 1.82) is 0 Å². The number of rotatable bonds is 7. The third-order valence-corrected chi connectivity index (χ3v) is 3.89. The lowest BCUT2D eigenvalue weighted by Crippen LogP contribution is -2.21. The molecule has 0 spiro atoms. The molecule has 1 rings (SSSR count). The summed E-state index contributed by atoms with van der Waals surface area (Å²) in [4.78, 5) is 1.47. The monoisotopic (exact) mass is 229 g/mol. The molecule has 1 heterocycles. The second kappa shape index (κ2) is 7.32. The fourth-order valence-electron chi connectivity index (χ4n) is 1.43. The lowest BCUT2D eigenvalue weighted by atomic mass is 10.2. The van der Waals surface area contributed by atoms with E-state index in [-0.39, 0.29) is 0 Å². The molecule has 0 saturated heterocycles. The van der Waals surface area contributed by atoms with Crippen LogP contribution in [0.15, 0.2) is 17.5 Å². The maximum atomic E-state index is 3.60. The third-order valence-electron chi connectivity index (χ3n) is 2.21. The zero-order valence-electron chi connectivity index (χ0n) is 8.95. The Hall–Kier alpha value is 0.01000. The molecule has 14 heavy (non-hydrogen) atoms. The van der Waals surface area contributed by atoms with Gasteiger partial charge in [-0.1, -0.05) is 13.0 Å². The molecule has 1 N–H and O–H groups in total. The molecule has 0 bridgehead atoms. The van der Waals surface area contributed by atoms with Gasteiger partial charge in [0.25, 0.3) is 0 Å². The standard InChI is InChI=1S/C11H19NS2/c1-3-10(11-6-4-9-14-11)12-7-5-8-13-2/h4,6,9-10,12H,3,5,7-8H2,1-2H3. The maximum Gasteiger partial charge on any atom is 0.0412 e. The quantitative estimate of drug-likeness (QED) is 0.718. The summed E-state index contributed by atoms with van der Waals surface area (Å²) in [7, 11) is 0. The van der Waals surface area contributed by atoms with E-state index in [1.54, 1.807) is 0 Å². The number of hydrogen-bond donors (Lipinski definition) is 1. The summed E-state index contributed by atoms with van der Waals surface area (Å²) < 4.78 is 0. The summed E-state index contributed by atoms with van der Waals surface area (Å²) in [5, 5.41) is 5.76. The van der Waals surface area contributed by atoms with Crippen LogP contribution < -0.4 is 5.32 Å². The third kappa shape index (κ3) is 4.03. The van der Waals surface area contributed by atoms with Gasteiger partial charge in [0.15, 0.2) is 0 Å². The first-order valence-electron chi connectivity index (χ1n) is 5.14. The minimum Gasteiger partial charge on any atom is -0.309 e. The maximum absolute atomic E-state index is 3.60. The SMILES string of the molecule is CCC(NCCCSC)c1cccs1. The predicted molar refractivity (Wildman–Crippen MR) is 68.4 cm³/mol. The van der Waals surface area contributed by atoms with Gasteiger partial charge in [-0.3, -0.25) is 0 Å². The molecule has 1 aromatic rings. The molecule has 0 aromatic carbocycles. The van der Waals surface area contributed by atoms with Crippen LogP contribution in [0.1, 0.15) is 30.7 Å². The summed E-state index contributed by atoms with van der Waals surface area (Å²) in [5.41, 5.74) is 0. The highest BCUT2D eigenvalue weighted by molar-refractivity contribution is 7.98. The first-order valence-corrected chi connectivity index (χ1v) is 7.41. The summed E-state index contributed by atoms with van der Waals surface area (Å²) in [6.07, 6.45) is 4.61. The minimum absolute atomic E-state index is 0.567. The van der Waals surface area contributed by atoms with Gasteiger partial charge < -0.3 is 5.32 Å². The second-order valence-corrected chi connectivity index (χ2v) is 5.24. The Labute approximate surface area is 95.3 Å². The van der Waals surface area contributed by atoms with E-state index in [1.165, 1.54) is 23.5 Å². The molecule has 0 radical (unpaired) electrons. The molecule has 0 aliphatic rings. The van der Waals surface area contributed by atoms with Crippen LogP contribution in [0.2, 0.25) is 0 Å². The number of hydrogen-bond acceptors (Lipinski definition) is 3. The van der Waals surface area contributed by atoms with Gasteiger partial charge in [0, 0.05) is 10.9 Å². The number of nitrogens with one attached hydrogen (secondary N) is 1. The first kappa shape index (κ1) is 12.1.